The highest BCUT2D eigenvalue weighted by Crippen LogP contribution is 2.05. The van der Waals surface area contributed by atoms with E-state index < -0.39 is 12.1 Å². The second-order valence-electron chi connectivity index (χ2n) is 3.66. The van der Waals surface area contributed by atoms with Crippen LogP contribution in [-0.2, 0) is 4.74 Å². The molecule has 5 nitrogen and oxygen atoms in total. The van der Waals surface area contributed by atoms with Crippen molar-refractivity contribution in [1.29, 1.82) is 0 Å². The quantitative estimate of drug-likeness (QED) is 0.754. The van der Waals surface area contributed by atoms with Crippen molar-refractivity contribution in [3.63, 3.8) is 0 Å². The van der Waals surface area contributed by atoms with Crippen LogP contribution in [0.4, 0.5) is 4.39 Å². The van der Waals surface area contributed by atoms with E-state index in [4.69, 9.17) is 4.74 Å². The number of aliphatic hydroxyl groups excluding tert-OH is 1. The molecule has 1 unspecified atom stereocenters. The third-order valence-corrected chi connectivity index (χ3v) is 2.16. The summed E-state index contributed by atoms with van der Waals surface area (Å²) in [5.41, 5.74) is 0.199. The van der Waals surface area contributed by atoms with Crippen molar-refractivity contribution < 1.29 is 19.0 Å². The predicted octanol–water partition coefficient (Wildman–Crippen LogP) is 0.300. The molecule has 0 aliphatic heterocycles. The molecule has 0 radical (unpaired) electrons. The van der Waals surface area contributed by atoms with Crippen molar-refractivity contribution in [2.24, 2.45) is 0 Å². The van der Waals surface area contributed by atoms with Gasteiger partial charge in [0.05, 0.1) is 12.7 Å². The van der Waals surface area contributed by atoms with Crippen LogP contribution in [0.15, 0.2) is 18.3 Å². The molecule has 94 valence electrons. The fourth-order valence-electron chi connectivity index (χ4n) is 1.40. The van der Waals surface area contributed by atoms with E-state index in [0.717, 1.165) is 6.07 Å². The molecule has 0 aliphatic rings. The van der Waals surface area contributed by atoms with Gasteiger partial charge in [-0.1, -0.05) is 0 Å². The lowest BCUT2D eigenvalue weighted by Crippen LogP contribution is -2.36. The number of carbonyl (C=O) groups excluding carboxylic acids is 1. The average molecular weight is 242 g/mol. The van der Waals surface area contributed by atoms with Crippen molar-refractivity contribution in [3.8, 4) is 0 Å². The number of amides is 1. The fraction of sp³-hybridized carbons (Fsp3) is 0.455. The Labute approximate surface area is 98.8 Å². The minimum Gasteiger partial charge on any atom is -0.389 e. The Hall–Kier alpha value is -1.53. The van der Waals surface area contributed by atoms with Gasteiger partial charge < -0.3 is 14.7 Å². The third-order valence-electron chi connectivity index (χ3n) is 2.16. The average Bonchev–Trinajstić information content (AvgIpc) is 2.28. The van der Waals surface area contributed by atoms with Gasteiger partial charge in [0, 0.05) is 38.5 Å². The molecule has 1 amide bonds. The Balaban J connectivity index is 2.63. The molecular formula is C11H15FN2O3. The van der Waals surface area contributed by atoms with Crippen LogP contribution in [0.1, 0.15) is 10.4 Å². The lowest BCUT2D eigenvalue weighted by molar-refractivity contribution is 0.0380. The molecule has 0 spiro atoms. The van der Waals surface area contributed by atoms with E-state index >= 15 is 0 Å². The third kappa shape index (κ3) is 4.08. The largest absolute Gasteiger partial charge is 0.389 e. The topological polar surface area (TPSA) is 62.7 Å². The molecule has 17 heavy (non-hydrogen) atoms. The number of hydrogen-bond acceptors (Lipinski definition) is 4. The second kappa shape index (κ2) is 6.27. The number of hydrogen-bond donors (Lipinski definition) is 1. The van der Waals surface area contributed by atoms with Crippen LogP contribution in [0.2, 0.25) is 0 Å². The predicted molar refractivity (Wildman–Crippen MR) is 59.0 cm³/mol. The van der Waals surface area contributed by atoms with Gasteiger partial charge in [-0.3, -0.25) is 4.79 Å². The molecule has 0 fully saturated rings. The number of aromatic nitrogens is 1. The number of ether oxygens (including phenoxy) is 1. The zero-order chi connectivity index (χ0) is 12.8. The van der Waals surface area contributed by atoms with E-state index in [-0.39, 0.29) is 24.6 Å². The van der Waals surface area contributed by atoms with Crippen molar-refractivity contribution in [2.75, 3.05) is 27.3 Å². The van der Waals surface area contributed by atoms with Gasteiger partial charge in [0.2, 0.25) is 5.95 Å². The van der Waals surface area contributed by atoms with Gasteiger partial charge in [0.15, 0.2) is 0 Å². The second-order valence-corrected chi connectivity index (χ2v) is 3.66. The Morgan fingerprint density at radius 1 is 1.71 bits per heavy atom. The Morgan fingerprint density at radius 2 is 2.41 bits per heavy atom. The molecule has 0 aliphatic carbocycles. The van der Waals surface area contributed by atoms with E-state index in [1.807, 2.05) is 0 Å². The van der Waals surface area contributed by atoms with Crippen LogP contribution >= 0.6 is 0 Å². The zero-order valence-electron chi connectivity index (χ0n) is 9.76. The minimum absolute atomic E-state index is 0.122. The summed E-state index contributed by atoms with van der Waals surface area (Å²) in [5, 5.41) is 9.46. The smallest absolute Gasteiger partial charge is 0.253 e. The van der Waals surface area contributed by atoms with Crippen LogP contribution in [0.3, 0.4) is 0 Å². The first kappa shape index (κ1) is 13.5. The molecule has 1 atom stereocenters. The first-order chi connectivity index (χ1) is 8.04. The van der Waals surface area contributed by atoms with Crippen LogP contribution < -0.4 is 0 Å². The number of carbonyl (C=O) groups is 1. The standard InChI is InChI=1S/C11H15FN2O3/c1-14(6-9(15)7-17-2)11(16)8-3-4-13-10(12)5-8/h3-5,9,15H,6-7H2,1-2H3. The first-order valence-electron chi connectivity index (χ1n) is 5.08. The summed E-state index contributed by atoms with van der Waals surface area (Å²) >= 11 is 0. The molecule has 1 N–H and O–H groups in total. The number of likely N-dealkylation sites (N-methyl/N-ethyl adjacent to an activating group) is 1. The molecule has 6 heteroatoms. The molecule has 1 rings (SSSR count). The van der Waals surface area contributed by atoms with Crippen molar-refractivity contribution in [3.05, 3.63) is 29.8 Å². The van der Waals surface area contributed by atoms with Crippen LogP contribution in [0, 0.1) is 5.95 Å². The maximum atomic E-state index is 12.8. The summed E-state index contributed by atoms with van der Waals surface area (Å²) in [5.74, 6) is -1.08. The van der Waals surface area contributed by atoms with E-state index in [0.29, 0.717) is 0 Å². The van der Waals surface area contributed by atoms with E-state index in [9.17, 15) is 14.3 Å². The molecule has 0 saturated heterocycles. The molecule has 1 heterocycles. The summed E-state index contributed by atoms with van der Waals surface area (Å²) < 4.78 is 17.6. The molecular weight excluding hydrogens is 227 g/mol. The van der Waals surface area contributed by atoms with Crippen LogP contribution in [0.5, 0.6) is 0 Å². The lowest BCUT2D eigenvalue weighted by Gasteiger charge is -2.20. The SMILES string of the molecule is COCC(O)CN(C)C(=O)c1ccnc(F)c1. The number of nitrogens with zero attached hydrogens (tertiary/aromatic N) is 2. The monoisotopic (exact) mass is 242 g/mol. The van der Waals surface area contributed by atoms with Crippen molar-refractivity contribution in [2.45, 2.75) is 6.10 Å². The van der Waals surface area contributed by atoms with Crippen LogP contribution in [-0.4, -0.2) is 54.3 Å². The van der Waals surface area contributed by atoms with Gasteiger partial charge in [0.25, 0.3) is 5.91 Å². The first-order valence-corrected chi connectivity index (χ1v) is 5.08. The molecule has 1 aromatic heterocycles. The van der Waals surface area contributed by atoms with Gasteiger partial charge in [-0.25, -0.2) is 4.98 Å². The summed E-state index contributed by atoms with van der Waals surface area (Å²) in [6, 6.07) is 2.48. The van der Waals surface area contributed by atoms with Gasteiger partial charge in [0.1, 0.15) is 0 Å². The highest BCUT2D eigenvalue weighted by atomic mass is 19.1. The number of rotatable bonds is 5. The number of halogens is 1. The highest BCUT2D eigenvalue weighted by Gasteiger charge is 2.15. The highest BCUT2D eigenvalue weighted by molar-refractivity contribution is 5.93. The van der Waals surface area contributed by atoms with E-state index in [2.05, 4.69) is 4.98 Å². The fourth-order valence-corrected chi connectivity index (χ4v) is 1.40. The number of pyridine rings is 1. The van der Waals surface area contributed by atoms with Gasteiger partial charge >= 0.3 is 0 Å². The Kier molecular flexibility index (Phi) is 4.99. The molecule has 0 saturated carbocycles. The Bertz CT molecular complexity index is 387. The Morgan fingerprint density at radius 3 is 3.00 bits per heavy atom. The van der Waals surface area contributed by atoms with E-state index in [1.165, 1.54) is 31.3 Å². The molecule has 1 aromatic rings. The number of aliphatic hydroxyl groups is 1. The molecule has 0 bridgehead atoms. The minimum atomic E-state index is -0.763. The molecule has 0 aromatic carbocycles. The van der Waals surface area contributed by atoms with Gasteiger partial charge in [-0.15, -0.1) is 0 Å². The normalized spacial score (nSPS) is 12.2. The summed E-state index contributed by atoms with van der Waals surface area (Å²) in [6.07, 6.45) is 0.461. The zero-order valence-corrected chi connectivity index (χ0v) is 9.76. The van der Waals surface area contributed by atoms with Crippen LogP contribution in [0.25, 0.3) is 0 Å². The van der Waals surface area contributed by atoms with E-state index in [1.54, 1.807) is 0 Å². The van der Waals surface area contributed by atoms with Crippen molar-refractivity contribution >= 4 is 5.91 Å². The summed E-state index contributed by atoms with van der Waals surface area (Å²) in [4.78, 5) is 16.5. The van der Waals surface area contributed by atoms with Gasteiger partial charge in [-0.2, -0.15) is 4.39 Å². The summed E-state index contributed by atoms with van der Waals surface area (Å²) in [7, 11) is 2.99. The lowest BCUT2D eigenvalue weighted by atomic mass is 10.2. The summed E-state index contributed by atoms with van der Waals surface area (Å²) in [6.45, 7) is 0.263. The maximum absolute atomic E-state index is 12.8. The van der Waals surface area contributed by atoms with Crippen molar-refractivity contribution in [1.82, 2.24) is 9.88 Å². The number of methoxy groups -OCH3 is 1. The van der Waals surface area contributed by atoms with Gasteiger partial charge in [-0.05, 0) is 6.07 Å². The maximum Gasteiger partial charge on any atom is 0.253 e.